The Morgan fingerprint density at radius 3 is 2.18 bits per heavy atom. The van der Waals surface area contributed by atoms with Gasteiger partial charge in [-0.15, -0.1) is 0 Å². The summed E-state index contributed by atoms with van der Waals surface area (Å²) >= 11 is 0. The average molecular weight is 407 g/mol. The first-order valence-corrected chi connectivity index (χ1v) is 10.7. The summed E-state index contributed by atoms with van der Waals surface area (Å²) in [6.07, 6.45) is 1.09. The molecule has 0 saturated heterocycles. The second kappa shape index (κ2) is 9.45. The second-order valence-electron chi connectivity index (χ2n) is 6.39. The van der Waals surface area contributed by atoms with Crippen molar-refractivity contribution in [3.05, 3.63) is 54.1 Å². The number of benzene rings is 2. The van der Waals surface area contributed by atoms with Crippen molar-refractivity contribution in [1.82, 2.24) is 5.32 Å². The highest BCUT2D eigenvalue weighted by Crippen LogP contribution is 2.21. The molecule has 1 N–H and O–H groups in total. The first-order valence-electron chi connectivity index (χ1n) is 8.83. The van der Waals surface area contributed by atoms with Gasteiger partial charge in [-0.05, 0) is 50.2 Å². The van der Waals surface area contributed by atoms with Gasteiger partial charge in [-0.3, -0.25) is 9.10 Å². The zero-order valence-electron chi connectivity index (χ0n) is 16.5. The van der Waals surface area contributed by atoms with E-state index in [0.29, 0.717) is 11.4 Å². The number of anilines is 1. The number of sulfonamides is 1. The van der Waals surface area contributed by atoms with Crippen LogP contribution in [0, 0.1) is 6.92 Å². The normalized spacial score (nSPS) is 12.1. The molecule has 0 aliphatic heterocycles. The van der Waals surface area contributed by atoms with Gasteiger partial charge in [0.1, 0.15) is 24.1 Å². The Bertz CT molecular complexity index is 880. The number of hydrogen-bond acceptors (Lipinski definition) is 5. The van der Waals surface area contributed by atoms with Crippen LogP contribution in [-0.2, 0) is 14.8 Å². The fourth-order valence-corrected chi connectivity index (χ4v) is 3.84. The molecule has 1 amide bonds. The fourth-order valence-electron chi connectivity index (χ4n) is 2.66. The molecule has 0 heterocycles. The largest absolute Gasteiger partial charge is 0.497 e. The molecule has 1 atom stereocenters. The van der Waals surface area contributed by atoms with Crippen LogP contribution in [0.4, 0.5) is 5.69 Å². The van der Waals surface area contributed by atoms with Crippen molar-refractivity contribution in [3.8, 4) is 11.5 Å². The van der Waals surface area contributed by atoms with Crippen molar-refractivity contribution in [1.29, 1.82) is 0 Å². The van der Waals surface area contributed by atoms with Crippen LogP contribution < -0.4 is 19.1 Å². The van der Waals surface area contributed by atoms with Gasteiger partial charge in [-0.25, -0.2) is 8.42 Å². The molecule has 0 unspecified atom stereocenters. The topological polar surface area (TPSA) is 84.9 Å². The van der Waals surface area contributed by atoms with Gasteiger partial charge in [0.15, 0.2) is 0 Å². The van der Waals surface area contributed by atoms with Gasteiger partial charge in [0.05, 0.1) is 25.6 Å². The Kier molecular flexibility index (Phi) is 7.28. The zero-order chi connectivity index (χ0) is 20.7. The molecule has 0 radical (unpaired) electrons. The molecule has 0 spiro atoms. The van der Waals surface area contributed by atoms with Crippen LogP contribution in [0.15, 0.2) is 48.5 Å². The Balaban J connectivity index is 1.94. The van der Waals surface area contributed by atoms with Crippen molar-refractivity contribution >= 4 is 21.6 Å². The number of ether oxygens (including phenoxy) is 2. The molecule has 0 aliphatic carbocycles. The summed E-state index contributed by atoms with van der Waals surface area (Å²) in [6, 6.07) is 13.2. The maximum Gasteiger partial charge on any atom is 0.243 e. The third-order valence-electron chi connectivity index (χ3n) is 4.11. The van der Waals surface area contributed by atoms with Gasteiger partial charge in [-0.1, -0.05) is 17.7 Å². The minimum absolute atomic E-state index is 0.251. The Morgan fingerprint density at radius 1 is 1.07 bits per heavy atom. The third-order valence-corrected chi connectivity index (χ3v) is 5.35. The predicted octanol–water partition coefficient (Wildman–Crippen LogP) is 2.35. The summed E-state index contributed by atoms with van der Waals surface area (Å²) in [7, 11) is -2.04. The van der Waals surface area contributed by atoms with Crippen molar-refractivity contribution in [2.45, 2.75) is 19.9 Å². The van der Waals surface area contributed by atoms with E-state index in [2.05, 4.69) is 5.32 Å². The van der Waals surface area contributed by atoms with E-state index >= 15 is 0 Å². The van der Waals surface area contributed by atoms with E-state index in [-0.39, 0.29) is 13.2 Å². The molecule has 152 valence electrons. The van der Waals surface area contributed by atoms with Crippen LogP contribution in [0.1, 0.15) is 12.5 Å². The third kappa shape index (κ3) is 5.88. The maximum absolute atomic E-state index is 12.5. The van der Waals surface area contributed by atoms with Crippen LogP contribution in [-0.4, -0.2) is 46.9 Å². The molecule has 2 rings (SSSR count). The molecule has 2 aromatic rings. The number of carbonyl (C=O) groups excluding carboxylic acids is 1. The predicted molar refractivity (Wildman–Crippen MR) is 109 cm³/mol. The summed E-state index contributed by atoms with van der Waals surface area (Å²) in [6.45, 7) is 3.98. The number of hydrogen-bond donors (Lipinski definition) is 1. The van der Waals surface area contributed by atoms with Gasteiger partial charge in [0.2, 0.25) is 15.9 Å². The van der Waals surface area contributed by atoms with Crippen LogP contribution in [0.3, 0.4) is 0 Å². The Morgan fingerprint density at radius 2 is 1.64 bits per heavy atom. The van der Waals surface area contributed by atoms with Crippen molar-refractivity contribution in [2.75, 3.05) is 30.8 Å². The van der Waals surface area contributed by atoms with Crippen molar-refractivity contribution in [3.63, 3.8) is 0 Å². The number of amides is 1. The minimum Gasteiger partial charge on any atom is -0.497 e. The molecule has 28 heavy (non-hydrogen) atoms. The summed E-state index contributed by atoms with van der Waals surface area (Å²) in [4.78, 5) is 12.5. The summed E-state index contributed by atoms with van der Waals surface area (Å²) in [5.41, 5.74) is 1.45. The lowest BCUT2D eigenvalue weighted by atomic mass is 10.2. The highest BCUT2D eigenvalue weighted by Gasteiger charge is 2.28. The molecular formula is C20H26N2O5S. The van der Waals surface area contributed by atoms with Crippen LogP contribution in [0.5, 0.6) is 11.5 Å². The smallest absolute Gasteiger partial charge is 0.243 e. The van der Waals surface area contributed by atoms with E-state index in [1.165, 1.54) is 0 Å². The molecule has 2 aromatic carbocycles. The van der Waals surface area contributed by atoms with E-state index in [1.807, 2.05) is 6.92 Å². The molecule has 0 aliphatic rings. The van der Waals surface area contributed by atoms with Gasteiger partial charge >= 0.3 is 0 Å². The lowest BCUT2D eigenvalue weighted by Crippen LogP contribution is -2.48. The number of nitrogens with zero attached hydrogens (tertiary/aromatic N) is 1. The van der Waals surface area contributed by atoms with E-state index < -0.39 is 22.0 Å². The van der Waals surface area contributed by atoms with Crippen LogP contribution >= 0.6 is 0 Å². The van der Waals surface area contributed by atoms with Gasteiger partial charge in [-0.2, -0.15) is 0 Å². The second-order valence-corrected chi connectivity index (χ2v) is 8.24. The molecule has 0 saturated carbocycles. The van der Waals surface area contributed by atoms with Crippen molar-refractivity contribution < 1.29 is 22.7 Å². The van der Waals surface area contributed by atoms with E-state index in [9.17, 15) is 13.2 Å². The van der Waals surface area contributed by atoms with Gasteiger partial charge < -0.3 is 14.8 Å². The monoisotopic (exact) mass is 406 g/mol. The standard InChI is InChI=1S/C20H26N2O5S/c1-15-5-7-17(8-6-15)22(28(4,24)25)16(2)20(23)21-13-14-27-19-11-9-18(26-3)10-12-19/h5-12,16H,13-14H2,1-4H3,(H,21,23)/t16-/m0/s1. The Labute approximate surface area is 166 Å². The molecule has 7 nitrogen and oxygen atoms in total. The summed E-state index contributed by atoms with van der Waals surface area (Å²) in [5.74, 6) is 0.983. The van der Waals surface area contributed by atoms with Crippen LogP contribution in [0.25, 0.3) is 0 Å². The minimum atomic E-state index is -3.63. The number of rotatable bonds is 9. The fraction of sp³-hybridized carbons (Fsp3) is 0.350. The Hall–Kier alpha value is -2.74. The number of carbonyl (C=O) groups is 1. The highest BCUT2D eigenvalue weighted by atomic mass is 32.2. The zero-order valence-corrected chi connectivity index (χ0v) is 17.3. The SMILES string of the molecule is COc1ccc(OCCNC(=O)[C@H](C)N(c2ccc(C)cc2)S(C)(=O)=O)cc1. The molecule has 0 fully saturated rings. The number of aryl methyl sites for hydroxylation is 1. The first-order chi connectivity index (χ1) is 13.2. The first kappa shape index (κ1) is 21.6. The van der Waals surface area contributed by atoms with Gasteiger partial charge in [0, 0.05) is 0 Å². The lowest BCUT2D eigenvalue weighted by Gasteiger charge is -2.28. The van der Waals surface area contributed by atoms with E-state index in [4.69, 9.17) is 9.47 Å². The van der Waals surface area contributed by atoms with Gasteiger partial charge in [0.25, 0.3) is 0 Å². The van der Waals surface area contributed by atoms with Crippen LogP contribution in [0.2, 0.25) is 0 Å². The molecule has 0 aromatic heterocycles. The number of nitrogens with one attached hydrogen (secondary N) is 1. The highest BCUT2D eigenvalue weighted by molar-refractivity contribution is 7.92. The van der Waals surface area contributed by atoms with E-state index in [1.54, 1.807) is 62.6 Å². The summed E-state index contributed by atoms with van der Waals surface area (Å²) in [5, 5.41) is 2.71. The molecule has 0 bridgehead atoms. The molecular weight excluding hydrogens is 380 g/mol. The summed E-state index contributed by atoms with van der Waals surface area (Å²) < 4.78 is 36.2. The lowest BCUT2D eigenvalue weighted by molar-refractivity contribution is -0.121. The average Bonchev–Trinajstić information content (AvgIpc) is 2.66. The van der Waals surface area contributed by atoms with E-state index in [0.717, 1.165) is 21.9 Å². The quantitative estimate of drug-likeness (QED) is 0.646. The maximum atomic E-state index is 12.5. The number of methoxy groups -OCH3 is 1. The molecule has 8 heteroatoms. The van der Waals surface area contributed by atoms with Crippen molar-refractivity contribution in [2.24, 2.45) is 0 Å².